The van der Waals surface area contributed by atoms with Gasteiger partial charge in [0.2, 0.25) is 0 Å². The molecule has 2 rings (SSSR count). The van der Waals surface area contributed by atoms with E-state index in [0.717, 1.165) is 5.56 Å². The summed E-state index contributed by atoms with van der Waals surface area (Å²) < 4.78 is 21.3. The molecule has 1 atom stereocenters. The highest BCUT2D eigenvalue weighted by atomic mass is 16.5. The summed E-state index contributed by atoms with van der Waals surface area (Å²) >= 11 is 0. The summed E-state index contributed by atoms with van der Waals surface area (Å²) in [6.07, 6.45) is 7.02. The van der Waals surface area contributed by atoms with Gasteiger partial charge in [-0.15, -0.1) is 0 Å². The average molecular weight is 569 g/mol. The fourth-order valence-corrected chi connectivity index (χ4v) is 3.57. The lowest BCUT2D eigenvalue weighted by Gasteiger charge is -2.12. The Labute approximate surface area is 238 Å². The van der Waals surface area contributed by atoms with Gasteiger partial charge in [0.15, 0.2) is 41.2 Å². The van der Waals surface area contributed by atoms with Crippen molar-refractivity contribution in [2.24, 2.45) is 5.73 Å². The number of amides is 1. The van der Waals surface area contributed by atoms with Crippen LogP contribution >= 0.6 is 0 Å². The van der Waals surface area contributed by atoms with Crippen molar-refractivity contribution in [3.05, 3.63) is 59.7 Å². The molecular weight excluding hydrogens is 532 g/mol. The number of benzene rings is 2. The van der Waals surface area contributed by atoms with E-state index in [4.69, 9.17) is 29.8 Å². The Morgan fingerprint density at radius 1 is 0.829 bits per heavy atom. The first-order valence-corrected chi connectivity index (χ1v) is 12.9. The van der Waals surface area contributed by atoms with E-state index in [0.29, 0.717) is 54.4 Å². The molecule has 0 aliphatic carbocycles. The normalized spacial score (nSPS) is 11.7. The van der Waals surface area contributed by atoms with E-state index < -0.39 is 12.0 Å². The molecule has 0 radical (unpaired) electrons. The van der Waals surface area contributed by atoms with Crippen LogP contribution in [0.1, 0.15) is 36.8 Å². The van der Waals surface area contributed by atoms with E-state index in [1.165, 1.54) is 33.5 Å². The summed E-state index contributed by atoms with van der Waals surface area (Å²) in [5.41, 5.74) is 6.81. The highest BCUT2D eigenvalue weighted by molar-refractivity contribution is 6.10. The molecule has 1 amide bonds. The smallest absolute Gasteiger partial charge is 0.320 e. The number of carbonyl (C=O) groups is 4. The van der Waals surface area contributed by atoms with E-state index in [1.807, 2.05) is 0 Å². The minimum Gasteiger partial charge on any atom is -0.493 e. The summed E-state index contributed by atoms with van der Waals surface area (Å²) in [5.74, 6) is -0.292. The molecule has 0 unspecified atom stereocenters. The van der Waals surface area contributed by atoms with Crippen LogP contribution in [0.4, 0.5) is 0 Å². The SMILES string of the molecule is COc1ccc(/C=C/C(=O)CC(=O)/C=C/c2ccc(OCC(=O)NCCCC[C@H](N)C(=O)O)c(OC)c2)cc1OC. The fourth-order valence-electron chi connectivity index (χ4n) is 3.57. The predicted octanol–water partition coefficient (Wildman–Crippen LogP) is 3.04. The summed E-state index contributed by atoms with van der Waals surface area (Å²) in [7, 11) is 4.51. The first-order chi connectivity index (χ1) is 19.7. The van der Waals surface area contributed by atoms with Crippen molar-refractivity contribution in [1.82, 2.24) is 5.32 Å². The van der Waals surface area contributed by atoms with Crippen LogP contribution in [-0.4, -0.2) is 69.1 Å². The minimum atomic E-state index is -1.05. The first kappa shape index (κ1) is 32.6. The number of ketones is 2. The molecule has 0 aromatic heterocycles. The maximum atomic E-state index is 12.3. The van der Waals surface area contributed by atoms with Crippen LogP contribution in [0, 0.1) is 0 Å². The maximum Gasteiger partial charge on any atom is 0.320 e. The molecule has 11 nitrogen and oxygen atoms in total. The molecule has 0 spiro atoms. The lowest BCUT2D eigenvalue weighted by molar-refractivity contribution is -0.138. The second-order valence-corrected chi connectivity index (χ2v) is 8.88. The van der Waals surface area contributed by atoms with E-state index in [9.17, 15) is 19.2 Å². The quantitative estimate of drug-likeness (QED) is 0.138. The topological polar surface area (TPSA) is 163 Å². The van der Waals surface area contributed by atoms with Gasteiger partial charge in [0, 0.05) is 6.54 Å². The number of unbranched alkanes of at least 4 members (excludes halogenated alkanes) is 1. The van der Waals surface area contributed by atoms with E-state index >= 15 is 0 Å². The number of carboxylic acids is 1. The first-order valence-electron chi connectivity index (χ1n) is 12.9. The lowest BCUT2D eigenvalue weighted by Crippen LogP contribution is -2.31. The number of nitrogens with two attached hydrogens (primary N) is 1. The van der Waals surface area contributed by atoms with Crippen LogP contribution < -0.4 is 30.0 Å². The maximum absolute atomic E-state index is 12.3. The molecule has 0 saturated carbocycles. The van der Waals surface area contributed by atoms with Crippen LogP contribution in [0.15, 0.2) is 48.6 Å². The summed E-state index contributed by atoms with van der Waals surface area (Å²) in [6, 6.07) is 9.25. The lowest BCUT2D eigenvalue weighted by atomic mass is 10.1. The fraction of sp³-hybridized carbons (Fsp3) is 0.333. The van der Waals surface area contributed by atoms with Gasteiger partial charge in [-0.05, 0) is 66.8 Å². The molecule has 0 aliphatic rings. The van der Waals surface area contributed by atoms with E-state index in [2.05, 4.69) is 5.32 Å². The zero-order valence-electron chi connectivity index (χ0n) is 23.4. The van der Waals surface area contributed by atoms with Gasteiger partial charge < -0.3 is 35.1 Å². The van der Waals surface area contributed by atoms with Crippen LogP contribution in [0.2, 0.25) is 0 Å². The molecule has 2 aromatic rings. The standard InChI is InChI=1S/C30H36N2O9/c1-38-25-13-9-20(16-27(25)39-2)7-11-22(33)18-23(34)12-8-21-10-14-26(28(17-21)40-3)41-19-29(35)32-15-5-4-6-24(31)30(36)37/h7-14,16-17,24H,4-6,15,18-19,31H2,1-3H3,(H,32,35)(H,36,37)/b11-7+,12-8+/t24-/m0/s1. The monoisotopic (exact) mass is 568 g/mol. The molecule has 41 heavy (non-hydrogen) atoms. The third-order valence-electron chi connectivity index (χ3n) is 5.81. The number of carboxylic acid groups (broad SMARTS) is 1. The number of rotatable bonds is 18. The summed E-state index contributed by atoms with van der Waals surface area (Å²) in [4.78, 5) is 47.3. The van der Waals surface area contributed by atoms with Crippen molar-refractivity contribution in [3.8, 4) is 23.0 Å². The number of hydrogen-bond donors (Lipinski definition) is 3. The third-order valence-corrected chi connectivity index (χ3v) is 5.81. The number of allylic oxidation sites excluding steroid dienone is 2. The number of carbonyl (C=O) groups excluding carboxylic acids is 3. The Bertz CT molecular complexity index is 1270. The van der Waals surface area contributed by atoms with Gasteiger partial charge in [0.05, 0.1) is 27.8 Å². The molecule has 11 heteroatoms. The van der Waals surface area contributed by atoms with Crippen LogP contribution in [-0.2, 0) is 19.2 Å². The van der Waals surface area contributed by atoms with Crippen molar-refractivity contribution in [1.29, 1.82) is 0 Å². The van der Waals surface area contributed by atoms with E-state index in [-0.39, 0.29) is 30.5 Å². The number of aliphatic carboxylic acids is 1. The summed E-state index contributed by atoms with van der Waals surface area (Å²) in [6.45, 7) is 0.134. The highest BCUT2D eigenvalue weighted by Gasteiger charge is 2.11. The minimum absolute atomic E-state index is 0.238. The van der Waals surface area contributed by atoms with Crippen molar-refractivity contribution < 1.29 is 43.2 Å². The highest BCUT2D eigenvalue weighted by Crippen LogP contribution is 2.29. The summed E-state index contributed by atoms with van der Waals surface area (Å²) in [5, 5.41) is 11.5. The Hall–Kier alpha value is -4.64. The zero-order chi connectivity index (χ0) is 30.2. The number of methoxy groups -OCH3 is 3. The predicted molar refractivity (Wildman–Crippen MR) is 153 cm³/mol. The average Bonchev–Trinajstić information content (AvgIpc) is 2.97. The van der Waals surface area contributed by atoms with Gasteiger partial charge in [-0.2, -0.15) is 0 Å². The molecule has 0 bridgehead atoms. The molecule has 2 aromatic carbocycles. The second kappa shape index (κ2) is 17.1. The number of nitrogens with one attached hydrogen (secondary N) is 1. The molecular formula is C30H36N2O9. The Morgan fingerprint density at radius 3 is 1.90 bits per heavy atom. The van der Waals surface area contributed by atoms with Crippen LogP contribution in [0.25, 0.3) is 12.2 Å². The molecule has 0 saturated heterocycles. The Morgan fingerprint density at radius 2 is 1.37 bits per heavy atom. The Kier molecular flexibility index (Phi) is 13.6. The van der Waals surface area contributed by atoms with Gasteiger partial charge in [-0.1, -0.05) is 24.3 Å². The van der Waals surface area contributed by atoms with Gasteiger partial charge in [0.25, 0.3) is 5.91 Å². The van der Waals surface area contributed by atoms with Crippen molar-refractivity contribution in [2.75, 3.05) is 34.5 Å². The van der Waals surface area contributed by atoms with Gasteiger partial charge in [-0.3, -0.25) is 19.2 Å². The van der Waals surface area contributed by atoms with Gasteiger partial charge in [-0.25, -0.2) is 0 Å². The van der Waals surface area contributed by atoms with Crippen LogP contribution in [0.5, 0.6) is 23.0 Å². The zero-order valence-corrected chi connectivity index (χ0v) is 23.4. The molecule has 4 N–H and O–H groups in total. The second-order valence-electron chi connectivity index (χ2n) is 8.88. The molecule has 220 valence electrons. The van der Waals surface area contributed by atoms with Gasteiger partial charge >= 0.3 is 5.97 Å². The molecule has 0 fully saturated rings. The van der Waals surface area contributed by atoms with Crippen LogP contribution in [0.3, 0.4) is 0 Å². The van der Waals surface area contributed by atoms with Crippen molar-refractivity contribution in [3.63, 3.8) is 0 Å². The Balaban J connectivity index is 1.83. The van der Waals surface area contributed by atoms with Crippen molar-refractivity contribution >= 4 is 35.6 Å². The molecule has 0 aliphatic heterocycles. The third kappa shape index (κ3) is 11.6. The molecule has 0 heterocycles. The van der Waals surface area contributed by atoms with E-state index in [1.54, 1.807) is 48.6 Å². The van der Waals surface area contributed by atoms with Gasteiger partial charge in [0.1, 0.15) is 6.04 Å². The number of ether oxygens (including phenoxy) is 4. The van der Waals surface area contributed by atoms with Crippen molar-refractivity contribution in [2.45, 2.75) is 31.7 Å². The largest absolute Gasteiger partial charge is 0.493 e. The number of hydrogen-bond acceptors (Lipinski definition) is 9.